The van der Waals surface area contributed by atoms with Crippen LogP contribution in [-0.4, -0.2) is 11.2 Å². The van der Waals surface area contributed by atoms with Crippen molar-refractivity contribution < 1.29 is 4.79 Å². The molecule has 1 unspecified atom stereocenters. The summed E-state index contributed by atoms with van der Waals surface area (Å²) in [5.74, 6) is 0.0526. The summed E-state index contributed by atoms with van der Waals surface area (Å²) in [5, 5.41) is 5.41. The molecule has 1 aromatic heterocycles. The lowest BCUT2D eigenvalue weighted by atomic mass is 10.1. The molecule has 0 aliphatic rings. The lowest BCUT2D eigenvalue weighted by Gasteiger charge is -2.15. The fraction of sp³-hybridized carbons (Fsp3) is 0.500. The predicted molar refractivity (Wildman–Crippen MR) is 63.9 cm³/mol. The van der Waals surface area contributed by atoms with Gasteiger partial charge in [-0.05, 0) is 17.9 Å². The summed E-state index contributed by atoms with van der Waals surface area (Å²) in [6.07, 6.45) is 2.07. The highest BCUT2D eigenvalue weighted by Gasteiger charge is 2.13. The van der Waals surface area contributed by atoms with Gasteiger partial charge in [0.1, 0.15) is 0 Å². The van der Waals surface area contributed by atoms with Gasteiger partial charge in [-0.15, -0.1) is 11.3 Å². The van der Waals surface area contributed by atoms with Crippen LogP contribution in [0.4, 0.5) is 0 Å². The minimum Gasteiger partial charge on any atom is -0.348 e. The number of nitrogens with one attached hydrogen (secondary N) is 1. The number of alkyl halides is 1. The molecule has 0 aliphatic carbocycles. The molecule has 0 radical (unpaired) electrons. The first-order valence-electron chi connectivity index (χ1n) is 4.66. The molecule has 1 heterocycles. The van der Waals surface area contributed by atoms with Gasteiger partial charge >= 0.3 is 0 Å². The Morgan fingerprint density at radius 3 is 3.00 bits per heavy atom. The highest BCUT2D eigenvalue weighted by molar-refractivity contribution is 9.09. The molecule has 1 atom stereocenters. The molecule has 1 N–H and O–H groups in total. The summed E-state index contributed by atoms with van der Waals surface area (Å²) >= 11 is 4.84. The average Bonchev–Trinajstić information content (AvgIpc) is 2.69. The van der Waals surface area contributed by atoms with Gasteiger partial charge in [0, 0.05) is 4.88 Å². The summed E-state index contributed by atoms with van der Waals surface area (Å²) in [6.45, 7) is 2.13. The summed E-state index contributed by atoms with van der Waals surface area (Å²) in [7, 11) is 0. The van der Waals surface area contributed by atoms with Gasteiger partial charge in [-0.3, -0.25) is 4.79 Å². The third-order valence-corrected chi connectivity index (χ3v) is 3.42. The highest BCUT2D eigenvalue weighted by atomic mass is 79.9. The van der Waals surface area contributed by atoms with Gasteiger partial charge < -0.3 is 5.32 Å². The topological polar surface area (TPSA) is 29.1 Å². The van der Waals surface area contributed by atoms with Crippen LogP contribution in [0.15, 0.2) is 17.5 Å². The van der Waals surface area contributed by atoms with E-state index in [4.69, 9.17) is 0 Å². The maximum atomic E-state index is 11.2. The first kappa shape index (κ1) is 11.7. The van der Waals surface area contributed by atoms with Gasteiger partial charge in [-0.1, -0.05) is 35.3 Å². The number of hydrogen-bond donors (Lipinski definition) is 1. The van der Waals surface area contributed by atoms with Gasteiger partial charge in [-0.2, -0.15) is 0 Å². The van der Waals surface area contributed by atoms with Crippen molar-refractivity contribution in [2.75, 3.05) is 5.33 Å². The van der Waals surface area contributed by atoms with Crippen LogP contribution < -0.4 is 5.32 Å². The molecule has 0 aromatic carbocycles. The van der Waals surface area contributed by atoms with Crippen molar-refractivity contribution in [1.29, 1.82) is 0 Å². The van der Waals surface area contributed by atoms with Crippen LogP contribution in [0.5, 0.6) is 0 Å². The van der Waals surface area contributed by atoms with Crippen LogP contribution in [0.3, 0.4) is 0 Å². The van der Waals surface area contributed by atoms with Crippen molar-refractivity contribution in [3.05, 3.63) is 22.4 Å². The standard InChI is InChI=1S/C10H14BrNOS/c1-2-4-8(12-10(13)7-11)9-5-3-6-14-9/h3,5-6,8H,2,4,7H2,1H3,(H,12,13). The molecular formula is C10H14BrNOS. The number of amides is 1. The highest BCUT2D eigenvalue weighted by Crippen LogP contribution is 2.22. The minimum atomic E-state index is 0.0526. The summed E-state index contributed by atoms with van der Waals surface area (Å²) in [6, 6.07) is 4.27. The second kappa shape index (κ2) is 6.19. The van der Waals surface area contributed by atoms with Crippen LogP contribution in [-0.2, 0) is 4.79 Å². The number of hydrogen-bond acceptors (Lipinski definition) is 2. The second-order valence-corrected chi connectivity index (χ2v) is 4.60. The Morgan fingerprint density at radius 1 is 1.71 bits per heavy atom. The van der Waals surface area contributed by atoms with Crippen LogP contribution in [0.2, 0.25) is 0 Å². The van der Waals surface area contributed by atoms with Crippen LogP contribution in [0.25, 0.3) is 0 Å². The molecule has 14 heavy (non-hydrogen) atoms. The van der Waals surface area contributed by atoms with Gasteiger partial charge in [0.25, 0.3) is 0 Å². The largest absolute Gasteiger partial charge is 0.348 e. The SMILES string of the molecule is CCCC(NC(=O)CBr)c1cccs1. The number of halogens is 1. The second-order valence-electron chi connectivity index (χ2n) is 3.06. The van der Waals surface area contributed by atoms with E-state index in [0.717, 1.165) is 12.8 Å². The smallest absolute Gasteiger partial charge is 0.231 e. The molecule has 78 valence electrons. The third kappa shape index (κ3) is 3.42. The lowest BCUT2D eigenvalue weighted by molar-refractivity contribution is -0.119. The van der Waals surface area contributed by atoms with E-state index >= 15 is 0 Å². The Kier molecular flexibility index (Phi) is 5.19. The van der Waals surface area contributed by atoms with E-state index in [2.05, 4.69) is 34.2 Å². The normalized spacial score (nSPS) is 12.4. The van der Waals surface area contributed by atoms with Crippen molar-refractivity contribution in [1.82, 2.24) is 5.32 Å². The van der Waals surface area contributed by atoms with Gasteiger partial charge in [0.05, 0.1) is 11.4 Å². The zero-order valence-electron chi connectivity index (χ0n) is 8.13. The van der Waals surface area contributed by atoms with Gasteiger partial charge in [0.2, 0.25) is 5.91 Å². The maximum absolute atomic E-state index is 11.2. The van der Waals surface area contributed by atoms with Crippen molar-refractivity contribution in [2.24, 2.45) is 0 Å². The first-order valence-corrected chi connectivity index (χ1v) is 6.66. The number of thiophene rings is 1. The number of carbonyl (C=O) groups excluding carboxylic acids is 1. The van der Waals surface area contributed by atoms with Crippen LogP contribution in [0, 0.1) is 0 Å². The molecule has 0 saturated heterocycles. The molecule has 1 aromatic rings. The summed E-state index contributed by atoms with van der Waals surface area (Å²) in [4.78, 5) is 12.5. The number of rotatable bonds is 5. The zero-order chi connectivity index (χ0) is 10.4. The molecule has 2 nitrogen and oxygen atoms in total. The predicted octanol–water partition coefficient (Wildman–Crippen LogP) is 3.10. The van der Waals surface area contributed by atoms with E-state index in [1.54, 1.807) is 11.3 Å². The van der Waals surface area contributed by atoms with Crippen LogP contribution >= 0.6 is 27.3 Å². The van der Waals surface area contributed by atoms with E-state index < -0.39 is 0 Å². The Hall–Kier alpha value is -0.350. The maximum Gasteiger partial charge on any atom is 0.231 e. The van der Waals surface area contributed by atoms with Crippen LogP contribution in [0.1, 0.15) is 30.7 Å². The zero-order valence-corrected chi connectivity index (χ0v) is 10.5. The Morgan fingerprint density at radius 2 is 2.50 bits per heavy atom. The van der Waals surface area contributed by atoms with Crippen molar-refractivity contribution in [3.8, 4) is 0 Å². The van der Waals surface area contributed by atoms with E-state index in [9.17, 15) is 4.79 Å². The lowest BCUT2D eigenvalue weighted by Crippen LogP contribution is -2.28. The fourth-order valence-corrected chi connectivity index (χ4v) is 2.27. The Bertz CT molecular complexity index is 274. The fourth-order valence-electron chi connectivity index (χ4n) is 1.30. The van der Waals surface area contributed by atoms with E-state index in [1.807, 2.05) is 11.4 Å². The summed E-state index contributed by atoms with van der Waals surface area (Å²) in [5.41, 5.74) is 0. The molecule has 0 saturated carbocycles. The van der Waals surface area contributed by atoms with Crippen molar-refractivity contribution in [2.45, 2.75) is 25.8 Å². The first-order chi connectivity index (χ1) is 6.77. The quantitative estimate of drug-likeness (QED) is 0.823. The summed E-state index contributed by atoms with van der Waals surface area (Å²) < 4.78 is 0. The molecule has 1 amide bonds. The number of carbonyl (C=O) groups is 1. The van der Waals surface area contributed by atoms with Gasteiger partial charge in [-0.25, -0.2) is 0 Å². The molecule has 0 spiro atoms. The molecule has 4 heteroatoms. The minimum absolute atomic E-state index is 0.0526. The molecular weight excluding hydrogens is 262 g/mol. The Balaban J connectivity index is 2.60. The van der Waals surface area contributed by atoms with E-state index in [-0.39, 0.29) is 11.9 Å². The monoisotopic (exact) mass is 275 g/mol. The van der Waals surface area contributed by atoms with Gasteiger partial charge in [0.15, 0.2) is 0 Å². The molecule has 0 aliphatic heterocycles. The third-order valence-electron chi connectivity index (χ3n) is 1.92. The van der Waals surface area contributed by atoms with Crippen molar-refractivity contribution >= 4 is 33.2 Å². The molecule has 1 rings (SSSR count). The van der Waals surface area contributed by atoms with Crippen molar-refractivity contribution in [3.63, 3.8) is 0 Å². The average molecular weight is 276 g/mol. The Labute approximate surface area is 96.8 Å². The van der Waals surface area contributed by atoms with E-state index in [1.165, 1.54) is 4.88 Å². The van der Waals surface area contributed by atoms with E-state index in [0.29, 0.717) is 5.33 Å². The molecule has 0 fully saturated rings. The molecule has 0 bridgehead atoms.